The van der Waals surface area contributed by atoms with E-state index in [1.807, 2.05) is 36.4 Å². The van der Waals surface area contributed by atoms with E-state index in [0.29, 0.717) is 24.0 Å². The molecule has 0 fully saturated rings. The molecule has 0 unspecified atom stereocenters. The van der Waals surface area contributed by atoms with Gasteiger partial charge in [0.15, 0.2) is 11.6 Å². The van der Waals surface area contributed by atoms with Gasteiger partial charge in [-0.25, -0.2) is 4.98 Å². The van der Waals surface area contributed by atoms with Crippen LogP contribution in [0.1, 0.15) is 30.7 Å². The number of rotatable bonds is 6. The number of imidazole rings is 1. The fraction of sp³-hybridized carbons (Fsp3) is 0.261. The molecule has 144 valence electrons. The van der Waals surface area contributed by atoms with Crippen LogP contribution in [-0.2, 0) is 6.42 Å². The summed E-state index contributed by atoms with van der Waals surface area (Å²) in [6.45, 7) is 6.98. The van der Waals surface area contributed by atoms with Crippen molar-refractivity contribution in [3.05, 3.63) is 70.4 Å². The van der Waals surface area contributed by atoms with Gasteiger partial charge in [-0.3, -0.25) is 0 Å². The van der Waals surface area contributed by atoms with Crippen LogP contribution in [0.5, 0.6) is 5.75 Å². The molecule has 0 aliphatic carbocycles. The Morgan fingerprint density at radius 1 is 1.11 bits per heavy atom. The second-order valence-corrected chi connectivity index (χ2v) is 7.94. The molecule has 4 nitrogen and oxygen atoms in total. The first kappa shape index (κ1) is 18.6. The summed E-state index contributed by atoms with van der Waals surface area (Å²) in [5.41, 5.74) is 4.14. The minimum Gasteiger partial charge on any atom is -0.493 e. The highest BCUT2D eigenvalue weighted by atomic mass is 35.5. The Bertz CT molecular complexity index is 1110. The van der Waals surface area contributed by atoms with Gasteiger partial charge in [-0.15, -0.1) is 0 Å². The molecule has 0 atom stereocenters. The number of halogens is 1. The van der Waals surface area contributed by atoms with Crippen LogP contribution < -0.4 is 4.74 Å². The number of furan rings is 1. The molecular formula is C23H23ClN2O2. The lowest BCUT2D eigenvalue weighted by Gasteiger charge is -2.13. The molecule has 0 amide bonds. The molecular weight excluding hydrogens is 372 g/mol. The van der Waals surface area contributed by atoms with Crippen LogP contribution >= 0.6 is 11.6 Å². The Morgan fingerprint density at radius 3 is 2.79 bits per heavy atom. The molecule has 1 N–H and O–H groups in total. The van der Waals surface area contributed by atoms with Crippen molar-refractivity contribution in [2.75, 3.05) is 6.61 Å². The highest BCUT2D eigenvalue weighted by Gasteiger charge is 2.13. The number of benzene rings is 2. The van der Waals surface area contributed by atoms with E-state index < -0.39 is 0 Å². The number of aromatic nitrogens is 2. The molecule has 28 heavy (non-hydrogen) atoms. The average molecular weight is 395 g/mol. The quantitative estimate of drug-likeness (QED) is 0.411. The summed E-state index contributed by atoms with van der Waals surface area (Å²) >= 11 is 6.20. The van der Waals surface area contributed by atoms with Gasteiger partial charge in [0.2, 0.25) is 0 Å². The van der Waals surface area contributed by atoms with Gasteiger partial charge < -0.3 is 14.1 Å². The minimum absolute atomic E-state index is 0.454. The van der Waals surface area contributed by atoms with Crippen molar-refractivity contribution in [2.24, 2.45) is 5.92 Å². The van der Waals surface area contributed by atoms with Gasteiger partial charge in [-0.05, 0) is 60.9 Å². The Kier molecular flexibility index (Phi) is 5.14. The first-order valence-corrected chi connectivity index (χ1v) is 9.82. The minimum atomic E-state index is 0.454. The number of H-pyrrole nitrogens is 1. The van der Waals surface area contributed by atoms with Crippen molar-refractivity contribution in [3.8, 4) is 17.3 Å². The molecule has 0 aliphatic heterocycles. The predicted molar refractivity (Wildman–Crippen MR) is 113 cm³/mol. The highest BCUT2D eigenvalue weighted by molar-refractivity contribution is 6.30. The molecule has 4 rings (SSSR count). The van der Waals surface area contributed by atoms with Crippen molar-refractivity contribution in [3.63, 3.8) is 0 Å². The number of fused-ring (bicyclic) bond motifs is 1. The largest absolute Gasteiger partial charge is 0.493 e. The van der Waals surface area contributed by atoms with Crippen molar-refractivity contribution >= 4 is 22.6 Å². The van der Waals surface area contributed by atoms with E-state index in [-0.39, 0.29) is 0 Å². The van der Waals surface area contributed by atoms with E-state index in [4.69, 9.17) is 20.8 Å². The zero-order valence-electron chi connectivity index (χ0n) is 16.3. The maximum atomic E-state index is 6.20. The van der Waals surface area contributed by atoms with Crippen LogP contribution in [0.25, 0.3) is 22.6 Å². The molecule has 2 heterocycles. The van der Waals surface area contributed by atoms with Gasteiger partial charge >= 0.3 is 0 Å². The van der Waals surface area contributed by atoms with Gasteiger partial charge in [-0.1, -0.05) is 31.5 Å². The highest BCUT2D eigenvalue weighted by Crippen LogP contribution is 2.29. The molecule has 2 aromatic heterocycles. The Hall–Kier alpha value is -2.72. The van der Waals surface area contributed by atoms with Gasteiger partial charge in [0, 0.05) is 17.0 Å². The monoisotopic (exact) mass is 394 g/mol. The zero-order chi connectivity index (χ0) is 19.7. The van der Waals surface area contributed by atoms with Gasteiger partial charge in [0.1, 0.15) is 11.5 Å². The third-order valence-corrected chi connectivity index (χ3v) is 4.73. The summed E-state index contributed by atoms with van der Waals surface area (Å²) in [7, 11) is 0. The molecule has 5 heteroatoms. The van der Waals surface area contributed by atoms with Gasteiger partial charge in [0.05, 0.1) is 17.6 Å². The molecule has 0 aliphatic rings. The van der Waals surface area contributed by atoms with Crippen LogP contribution in [0.15, 0.2) is 52.9 Å². The lowest BCUT2D eigenvalue weighted by atomic mass is 10.1. The summed E-state index contributed by atoms with van der Waals surface area (Å²) in [5.74, 6) is 3.58. The Morgan fingerprint density at radius 2 is 1.96 bits per heavy atom. The normalized spacial score (nSPS) is 11.5. The number of hydrogen-bond acceptors (Lipinski definition) is 3. The Labute approximate surface area is 169 Å². The van der Waals surface area contributed by atoms with E-state index in [1.165, 1.54) is 5.56 Å². The molecule has 0 spiro atoms. The van der Waals surface area contributed by atoms with Crippen molar-refractivity contribution in [2.45, 2.75) is 27.2 Å². The summed E-state index contributed by atoms with van der Waals surface area (Å²) in [6.07, 6.45) is 0.604. The van der Waals surface area contributed by atoms with E-state index in [2.05, 4.69) is 42.9 Å². The van der Waals surface area contributed by atoms with Crippen molar-refractivity contribution in [1.82, 2.24) is 9.97 Å². The number of ether oxygens (including phenoxy) is 1. The summed E-state index contributed by atoms with van der Waals surface area (Å²) < 4.78 is 12.0. The van der Waals surface area contributed by atoms with Crippen molar-refractivity contribution in [1.29, 1.82) is 0 Å². The lowest BCUT2D eigenvalue weighted by molar-refractivity contribution is 0.268. The first-order valence-electron chi connectivity index (χ1n) is 9.44. The third-order valence-electron chi connectivity index (χ3n) is 4.49. The molecule has 0 saturated carbocycles. The SMILES string of the molecule is Cc1ccc2nc(-c3ccc(Cc4cc(Cl)ccc4OCC(C)C)o3)[nH]c2c1. The van der Waals surface area contributed by atoms with E-state index in [1.54, 1.807) is 0 Å². The van der Waals surface area contributed by atoms with Crippen molar-refractivity contribution < 1.29 is 9.15 Å². The Balaban J connectivity index is 1.58. The average Bonchev–Trinajstić information content (AvgIpc) is 3.27. The molecule has 4 aromatic rings. The number of aromatic amines is 1. The molecule has 0 bridgehead atoms. The van der Waals surface area contributed by atoms with Gasteiger partial charge in [0.25, 0.3) is 0 Å². The number of nitrogens with one attached hydrogen (secondary N) is 1. The molecule has 0 radical (unpaired) electrons. The standard InChI is InChI=1S/C23H23ClN2O2/c1-14(2)13-27-21-8-5-17(24)11-16(21)12-18-6-9-22(28-18)23-25-19-7-4-15(3)10-20(19)26-23/h4-11,14H,12-13H2,1-3H3,(H,25,26). The van der Waals surface area contributed by atoms with Crippen LogP contribution in [0, 0.1) is 12.8 Å². The second kappa shape index (κ2) is 7.72. The third kappa shape index (κ3) is 4.07. The maximum absolute atomic E-state index is 6.20. The van der Waals surface area contributed by atoms with Crippen LogP contribution in [0.3, 0.4) is 0 Å². The molecule has 0 saturated heterocycles. The van der Waals surface area contributed by atoms with E-state index in [9.17, 15) is 0 Å². The first-order chi connectivity index (χ1) is 13.5. The number of nitrogens with zero attached hydrogens (tertiary/aromatic N) is 1. The molecule has 2 aromatic carbocycles. The maximum Gasteiger partial charge on any atom is 0.174 e. The summed E-state index contributed by atoms with van der Waals surface area (Å²) in [4.78, 5) is 7.96. The lowest BCUT2D eigenvalue weighted by Crippen LogP contribution is -2.06. The summed E-state index contributed by atoms with van der Waals surface area (Å²) in [5, 5.41) is 0.686. The fourth-order valence-electron chi connectivity index (χ4n) is 3.11. The number of hydrogen-bond donors (Lipinski definition) is 1. The van der Waals surface area contributed by atoms with E-state index in [0.717, 1.165) is 39.7 Å². The van der Waals surface area contributed by atoms with E-state index >= 15 is 0 Å². The van der Waals surface area contributed by atoms with Crippen LogP contribution in [0.2, 0.25) is 5.02 Å². The van der Waals surface area contributed by atoms with Crippen LogP contribution in [0.4, 0.5) is 0 Å². The fourth-order valence-corrected chi connectivity index (χ4v) is 3.31. The predicted octanol–water partition coefficient (Wildman–Crippen LogP) is 6.41. The number of aryl methyl sites for hydroxylation is 1. The topological polar surface area (TPSA) is 51.1 Å². The second-order valence-electron chi connectivity index (χ2n) is 7.51. The smallest absolute Gasteiger partial charge is 0.174 e. The summed E-state index contributed by atoms with van der Waals surface area (Å²) in [6, 6.07) is 15.8. The zero-order valence-corrected chi connectivity index (χ0v) is 17.0. The van der Waals surface area contributed by atoms with Crippen LogP contribution in [-0.4, -0.2) is 16.6 Å². The van der Waals surface area contributed by atoms with Gasteiger partial charge in [-0.2, -0.15) is 0 Å².